The molecule has 2 rings (SSSR count). The quantitative estimate of drug-likeness (QED) is 0.328. The van der Waals surface area contributed by atoms with Crippen LogP contribution in [0.15, 0.2) is 30.3 Å². The Labute approximate surface area is 139 Å². The molecule has 0 saturated carbocycles. The fourth-order valence-electron chi connectivity index (χ4n) is 2.30. The molecule has 1 heterocycles. The van der Waals surface area contributed by atoms with Crippen LogP contribution in [-0.4, -0.2) is 40.9 Å². The van der Waals surface area contributed by atoms with Crippen molar-refractivity contribution in [3.05, 3.63) is 35.9 Å². The van der Waals surface area contributed by atoms with Crippen LogP contribution in [0.25, 0.3) is 0 Å². The summed E-state index contributed by atoms with van der Waals surface area (Å²) in [5, 5.41) is 0. The van der Waals surface area contributed by atoms with Gasteiger partial charge in [-0.15, -0.1) is 0 Å². The van der Waals surface area contributed by atoms with Crippen LogP contribution in [-0.2, 0) is 30.5 Å². The summed E-state index contributed by atoms with van der Waals surface area (Å²) >= 11 is 6.05. The van der Waals surface area contributed by atoms with Gasteiger partial charge in [0.15, 0.2) is 0 Å². The van der Waals surface area contributed by atoms with E-state index in [1.807, 2.05) is 30.3 Å². The summed E-state index contributed by atoms with van der Waals surface area (Å²) in [4.78, 5) is 35.7. The van der Waals surface area contributed by atoms with Crippen LogP contribution < -0.4 is 0 Å². The molecule has 2 unspecified atom stereocenters. The Bertz CT molecular complexity index is 577. The van der Waals surface area contributed by atoms with Gasteiger partial charge >= 0.3 is 11.9 Å². The molecule has 1 aromatic carbocycles. The van der Waals surface area contributed by atoms with E-state index in [1.54, 1.807) is 0 Å². The number of rotatable bonds is 7. The van der Waals surface area contributed by atoms with Crippen molar-refractivity contribution in [2.75, 3.05) is 6.61 Å². The monoisotopic (exact) mass is 339 g/mol. The topological polar surface area (TPSA) is 72.9 Å². The first-order chi connectivity index (χ1) is 11.0. The molecule has 2 atom stereocenters. The smallest absolute Gasteiger partial charge is 0.344 e. The van der Waals surface area contributed by atoms with Gasteiger partial charge in [-0.1, -0.05) is 41.9 Å². The number of likely N-dealkylation sites (tertiary alicyclic amines) is 1. The van der Waals surface area contributed by atoms with Crippen LogP contribution >= 0.6 is 11.6 Å². The van der Waals surface area contributed by atoms with E-state index < -0.39 is 11.5 Å². The Hall–Kier alpha value is -2.08. The second-order valence-electron chi connectivity index (χ2n) is 5.22. The molecule has 6 nitrogen and oxygen atoms in total. The minimum absolute atomic E-state index is 0.100. The Kier molecular flexibility index (Phi) is 5.98. The fourth-order valence-corrected chi connectivity index (χ4v) is 2.63. The molecule has 1 aliphatic heterocycles. The van der Waals surface area contributed by atoms with E-state index in [4.69, 9.17) is 21.1 Å². The molecule has 1 aliphatic rings. The van der Waals surface area contributed by atoms with E-state index in [0.717, 1.165) is 5.56 Å². The third-order valence-corrected chi connectivity index (χ3v) is 3.90. The van der Waals surface area contributed by atoms with E-state index in [2.05, 4.69) is 0 Å². The molecule has 7 heteroatoms. The van der Waals surface area contributed by atoms with Gasteiger partial charge in [0.2, 0.25) is 11.4 Å². The molecule has 0 radical (unpaired) electrons. The summed E-state index contributed by atoms with van der Waals surface area (Å²) in [6, 6.07) is 8.98. The van der Waals surface area contributed by atoms with Gasteiger partial charge in [0, 0.05) is 25.8 Å². The van der Waals surface area contributed by atoms with Crippen molar-refractivity contribution in [1.82, 2.24) is 4.90 Å². The summed E-state index contributed by atoms with van der Waals surface area (Å²) in [5.41, 5.74) is -0.326. The third kappa shape index (κ3) is 4.69. The number of esters is 2. The van der Waals surface area contributed by atoms with Crippen molar-refractivity contribution in [2.45, 2.75) is 37.9 Å². The molecule has 0 spiro atoms. The second-order valence-corrected chi connectivity index (χ2v) is 5.63. The summed E-state index contributed by atoms with van der Waals surface area (Å²) < 4.78 is 9.98. The van der Waals surface area contributed by atoms with E-state index >= 15 is 0 Å². The first kappa shape index (κ1) is 17.3. The van der Waals surface area contributed by atoms with Gasteiger partial charge in [0.25, 0.3) is 0 Å². The van der Waals surface area contributed by atoms with Crippen LogP contribution in [0.2, 0.25) is 0 Å². The largest absolute Gasteiger partial charge is 0.466 e. The molecular weight excluding hydrogens is 322 g/mol. The molecule has 1 saturated heterocycles. The normalized spacial score (nSPS) is 18.1. The van der Waals surface area contributed by atoms with Gasteiger partial charge in [-0.25, -0.2) is 4.79 Å². The number of amides is 1. The Morgan fingerprint density at radius 3 is 2.61 bits per heavy atom. The highest BCUT2D eigenvalue weighted by Crippen LogP contribution is 2.27. The SMILES string of the molecule is CC(=O)OCCC1CC(=O)N1C(Cl)C(=O)OCc1ccccc1. The summed E-state index contributed by atoms with van der Waals surface area (Å²) in [5.74, 6) is -1.26. The molecule has 1 aromatic rings. The summed E-state index contributed by atoms with van der Waals surface area (Å²) in [7, 11) is 0. The van der Waals surface area contributed by atoms with Crippen molar-refractivity contribution in [3.63, 3.8) is 0 Å². The maximum absolute atomic E-state index is 12.0. The lowest BCUT2D eigenvalue weighted by Crippen LogP contribution is -2.58. The standard InChI is InChI=1S/C16H18ClNO5/c1-11(19)22-8-7-13-9-14(20)18(13)15(17)16(21)23-10-12-5-3-2-4-6-12/h2-6,13,15H,7-10H2,1H3. The van der Waals surface area contributed by atoms with Gasteiger partial charge < -0.3 is 14.4 Å². The number of halogens is 1. The lowest BCUT2D eigenvalue weighted by Gasteiger charge is -2.42. The predicted molar refractivity (Wildman–Crippen MR) is 82.4 cm³/mol. The number of carbonyl (C=O) groups is 3. The van der Waals surface area contributed by atoms with E-state index in [0.29, 0.717) is 6.42 Å². The van der Waals surface area contributed by atoms with Crippen LogP contribution in [0.1, 0.15) is 25.3 Å². The van der Waals surface area contributed by atoms with Gasteiger partial charge in [-0.2, -0.15) is 0 Å². The zero-order chi connectivity index (χ0) is 16.8. The first-order valence-electron chi connectivity index (χ1n) is 7.28. The molecule has 0 N–H and O–H groups in total. The molecule has 124 valence electrons. The zero-order valence-electron chi connectivity index (χ0n) is 12.7. The fraction of sp³-hybridized carbons (Fsp3) is 0.438. The van der Waals surface area contributed by atoms with Crippen molar-refractivity contribution in [1.29, 1.82) is 0 Å². The molecule has 1 amide bonds. The highest BCUT2D eigenvalue weighted by molar-refractivity contribution is 6.30. The average molecular weight is 340 g/mol. The number of nitrogens with zero attached hydrogens (tertiary/aromatic N) is 1. The van der Waals surface area contributed by atoms with Gasteiger partial charge in [-0.3, -0.25) is 9.59 Å². The Morgan fingerprint density at radius 1 is 1.30 bits per heavy atom. The summed E-state index contributed by atoms with van der Waals surface area (Å²) in [6.07, 6.45) is 0.733. The van der Waals surface area contributed by atoms with Crippen LogP contribution in [0.5, 0.6) is 0 Å². The van der Waals surface area contributed by atoms with E-state index in [-0.39, 0.29) is 37.6 Å². The second kappa shape index (κ2) is 7.97. The number of benzene rings is 1. The number of hydrogen-bond acceptors (Lipinski definition) is 5. The van der Waals surface area contributed by atoms with Gasteiger partial charge in [-0.05, 0) is 5.56 Å². The summed E-state index contributed by atoms with van der Waals surface area (Å²) in [6.45, 7) is 1.60. The van der Waals surface area contributed by atoms with Crippen LogP contribution in [0.4, 0.5) is 0 Å². The average Bonchev–Trinajstić information content (AvgIpc) is 2.52. The number of ether oxygens (including phenoxy) is 2. The van der Waals surface area contributed by atoms with Gasteiger partial charge in [0.1, 0.15) is 6.61 Å². The molecule has 0 aliphatic carbocycles. The Morgan fingerprint density at radius 2 is 2.00 bits per heavy atom. The van der Waals surface area contributed by atoms with Crippen molar-refractivity contribution < 1.29 is 23.9 Å². The highest BCUT2D eigenvalue weighted by Gasteiger charge is 2.43. The maximum Gasteiger partial charge on any atom is 0.344 e. The van der Waals surface area contributed by atoms with Crippen LogP contribution in [0.3, 0.4) is 0 Å². The Balaban J connectivity index is 1.82. The highest BCUT2D eigenvalue weighted by atomic mass is 35.5. The van der Waals surface area contributed by atoms with E-state index in [1.165, 1.54) is 11.8 Å². The molecular formula is C16H18ClNO5. The lowest BCUT2D eigenvalue weighted by atomic mass is 9.99. The lowest BCUT2D eigenvalue weighted by molar-refractivity contribution is -0.162. The van der Waals surface area contributed by atoms with E-state index in [9.17, 15) is 14.4 Å². The van der Waals surface area contributed by atoms with Crippen LogP contribution in [0, 0.1) is 0 Å². The molecule has 0 bridgehead atoms. The molecule has 0 aromatic heterocycles. The maximum atomic E-state index is 12.0. The van der Waals surface area contributed by atoms with Gasteiger partial charge in [0.05, 0.1) is 6.61 Å². The number of β-lactam (4-membered cyclic amide) rings is 1. The third-order valence-electron chi connectivity index (χ3n) is 3.51. The number of carbonyl (C=O) groups excluding carboxylic acids is 3. The molecule has 23 heavy (non-hydrogen) atoms. The minimum atomic E-state index is -1.16. The zero-order valence-corrected chi connectivity index (χ0v) is 13.5. The first-order valence-corrected chi connectivity index (χ1v) is 7.72. The minimum Gasteiger partial charge on any atom is -0.466 e. The number of alkyl halides is 1. The van der Waals surface area contributed by atoms with Crippen molar-refractivity contribution >= 4 is 29.4 Å². The van der Waals surface area contributed by atoms with Crippen molar-refractivity contribution in [3.8, 4) is 0 Å². The molecule has 1 fully saturated rings. The van der Waals surface area contributed by atoms with Crippen molar-refractivity contribution in [2.24, 2.45) is 0 Å². The predicted octanol–water partition coefficient (Wildman–Crippen LogP) is 1.85. The number of hydrogen-bond donors (Lipinski definition) is 0.